The molecule has 2 heterocycles. The lowest BCUT2D eigenvalue weighted by atomic mass is 9.83. The molecule has 0 aliphatic heterocycles. The Bertz CT molecular complexity index is 1060. The fourth-order valence-corrected chi connectivity index (χ4v) is 5.10. The topological polar surface area (TPSA) is 46.4 Å². The fourth-order valence-electron chi connectivity index (χ4n) is 4.86. The number of nitrogens with zero attached hydrogens (tertiary/aromatic N) is 2. The van der Waals surface area contributed by atoms with Crippen LogP contribution in [0.25, 0.3) is 5.65 Å². The van der Waals surface area contributed by atoms with Gasteiger partial charge in [0.25, 0.3) is 11.8 Å². The number of hydrogen-bond acceptors (Lipinski definition) is 2. The number of aromatic nitrogens is 2. The van der Waals surface area contributed by atoms with E-state index in [9.17, 15) is 31.1 Å². The van der Waals surface area contributed by atoms with Crippen LogP contribution in [0.5, 0.6) is 0 Å². The van der Waals surface area contributed by atoms with E-state index in [1.54, 1.807) is 0 Å². The van der Waals surface area contributed by atoms with Gasteiger partial charge in [-0.25, -0.2) is 22.5 Å². The van der Waals surface area contributed by atoms with Crippen molar-refractivity contribution in [2.75, 3.05) is 0 Å². The minimum absolute atomic E-state index is 0.00586. The van der Waals surface area contributed by atoms with Crippen LogP contribution in [0.1, 0.15) is 80.0 Å². The zero-order valence-electron chi connectivity index (χ0n) is 18.6. The van der Waals surface area contributed by atoms with Crippen molar-refractivity contribution in [1.82, 2.24) is 14.7 Å². The van der Waals surface area contributed by atoms with E-state index in [-0.39, 0.29) is 85.6 Å². The van der Waals surface area contributed by atoms with E-state index >= 15 is 0 Å². The molecule has 0 spiro atoms. The molecule has 188 valence electrons. The number of pyridine rings is 1. The van der Waals surface area contributed by atoms with Gasteiger partial charge in [0, 0.05) is 44.8 Å². The number of carbonyl (C=O) groups excluding carboxylic acids is 1. The molecule has 0 radical (unpaired) electrons. The molecule has 2 aromatic heterocycles. The van der Waals surface area contributed by atoms with Crippen molar-refractivity contribution in [2.24, 2.45) is 5.92 Å². The summed E-state index contributed by atoms with van der Waals surface area (Å²) in [6.07, 6.45) is 0.913. The van der Waals surface area contributed by atoms with Crippen molar-refractivity contribution in [3.63, 3.8) is 0 Å². The second-order valence-corrected chi connectivity index (χ2v) is 10.1. The molecule has 0 aromatic carbocycles. The van der Waals surface area contributed by atoms with Gasteiger partial charge in [0.15, 0.2) is 0 Å². The summed E-state index contributed by atoms with van der Waals surface area (Å²) in [5.41, 5.74) is -0.210. The summed E-state index contributed by atoms with van der Waals surface area (Å²) in [6, 6.07) is 0.859. The Labute approximate surface area is 198 Å². The van der Waals surface area contributed by atoms with E-state index in [2.05, 4.69) is 10.3 Å². The van der Waals surface area contributed by atoms with Gasteiger partial charge in [0.05, 0.1) is 16.3 Å². The number of alkyl halides is 6. The van der Waals surface area contributed by atoms with Gasteiger partial charge < -0.3 is 9.72 Å². The first kappa shape index (κ1) is 25.1. The van der Waals surface area contributed by atoms with Crippen LogP contribution in [0.4, 0.5) is 26.3 Å². The first-order chi connectivity index (χ1) is 15.7. The Morgan fingerprint density at radius 3 is 2.24 bits per heavy atom. The maximum atomic E-state index is 14.4. The molecule has 11 heteroatoms. The molecule has 2 aliphatic rings. The molecular formula is C23H26ClF6N3O. The number of nitrogens with one attached hydrogen (secondary N) is 1. The van der Waals surface area contributed by atoms with Gasteiger partial charge >= 0.3 is 0 Å². The third-order valence-corrected chi connectivity index (χ3v) is 7.14. The molecule has 4 rings (SSSR count). The normalized spacial score (nSPS) is 21.6. The van der Waals surface area contributed by atoms with Gasteiger partial charge in [0.2, 0.25) is 11.8 Å². The molecule has 0 unspecified atom stereocenters. The SMILES string of the molecule is CC(F)(F)c1nc2cc(C(=O)NC3CCC(F)(F)CC3)c(Cl)cn2c1CC1CCC(F)(F)CC1. The third kappa shape index (κ3) is 5.47. The first-order valence-corrected chi connectivity index (χ1v) is 11.8. The molecule has 0 saturated heterocycles. The lowest BCUT2D eigenvalue weighted by molar-refractivity contribution is -0.0461. The predicted molar refractivity (Wildman–Crippen MR) is 115 cm³/mol. The Kier molecular flexibility index (Phi) is 6.59. The Balaban J connectivity index is 1.60. The number of rotatable bonds is 5. The summed E-state index contributed by atoms with van der Waals surface area (Å²) in [6.45, 7) is 0.710. The molecule has 0 bridgehead atoms. The standard InChI is InChI=1S/C23H26ClF6N3O/c1-21(25,26)19-17(10-13-2-6-22(27,28)7-3-13)33-12-16(24)15(11-18(33)32-19)20(34)31-14-4-8-23(29,30)9-5-14/h11-14H,2-10H2,1H3,(H,31,34). The van der Waals surface area contributed by atoms with Crippen LogP contribution < -0.4 is 5.32 Å². The minimum Gasteiger partial charge on any atom is -0.349 e. The summed E-state index contributed by atoms with van der Waals surface area (Å²) in [7, 11) is 0. The molecule has 1 N–H and O–H groups in total. The second-order valence-electron chi connectivity index (χ2n) is 9.67. The molecule has 2 aliphatic carbocycles. The molecule has 2 fully saturated rings. The quantitative estimate of drug-likeness (QED) is 0.452. The smallest absolute Gasteiger partial charge is 0.288 e. The minimum atomic E-state index is -3.29. The van der Waals surface area contributed by atoms with E-state index < -0.39 is 35.4 Å². The summed E-state index contributed by atoms with van der Waals surface area (Å²) >= 11 is 6.32. The monoisotopic (exact) mass is 509 g/mol. The van der Waals surface area contributed by atoms with Crippen LogP contribution in [0.2, 0.25) is 5.02 Å². The van der Waals surface area contributed by atoms with Crippen LogP contribution in [0.3, 0.4) is 0 Å². The third-order valence-electron chi connectivity index (χ3n) is 6.84. The molecule has 4 nitrogen and oxygen atoms in total. The van der Waals surface area contributed by atoms with Crippen LogP contribution in [0, 0.1) is 5.92 Å². The number of carbonyl (C=O) groups is 1. The fraction of sp³-hybridized carbons (Fsp3) is 0.652. The Morgan fingerprint density at radius 1 is 1.12 bits per heavy atom. The number of imidazole rings is 1. The Hall–Kier alpha value is -1.97. The van der Waals surface area contributed by atoms with Crippen LogP contribution in [-0.2, 0) is 12.3 Å². The van der Waals surface area contributed by atoms with Gasteiger partial charge in [-0.1, -0.05) is 11.6 Å². The molecule has 34 heavy (non-hydrogen) atoms. The maximum Gasteiger partial charge on any atom is 0.288 e. The maximum absolute atomic E-state index is 14.4. The highest BCUT2D eigenvalue weighted by atomic mass is 35.5. The second kappa shape index (κ2) is 8.91. The Morgan fingerprint density at radius 2 is 1.68 bits per heavy atom. The first-order valence-electron chi connectivity index (χ1n) is 11.4. The van der Waals surface area contributed by atoms with E-state index in [1.165, 1.54) is 16.7 Å². The highest BCUT2D eigenvalue weighted by molar-refractivity contribution is 6.33. The van der Waals surface area contributed by atoms with E-state index in [0.717, 1.165) is 0 Å². The largest absolute Gasteiger partial charge is 0.349 e. The summed E-state index contributed by atoms with van der Waals surface area (Å²) in [5.74, 6) is -9.55. The number of amides is 1. The highest BCUT2D eigenvalue weighted by Crippen LogP contribution is 2.40. The van der Waals surface area contributed by atoms with Crippen molar-refractivity contribution < 1.29 is 31.1 Å². The molecule has 2 aromatic rings. The average Bonchev–Trinajstić information content (AvgIpc) is 3.08. The van der Waals surface area contributed by atoms with Crippen molar-refractivity contribution in [3.05, 3.63) is 34.2 Å². The molecule has 0 atom stereocenters. The van der Waals surface area contributed by atoms with Crippen molar-refractivity contribution in [2.45, 2.75) is 88.5 Å². The zero-order valence-corrected chi connectivity index (χ0v) is 19.4. The van der Waals surface area contributed by atoms with Gasteiger partial charge in [0.1, 0.15) is 11.3 Å². The lowest BCUT2D eigenvalue weighted by Gasteiger charge is -2.29. The molecular weight excluding hydrogens is 484 g/mol. The summed E-state index contributed by atoms with van der Waals surface area (Å²) < 4.78 is 84.0. The van der Waals surface area contributed by atoms with Crippen LogP contribution in [-0.4, -0.2) is 33.2 Å². The van der Waals surface area contributed by atoms with Gasteiger partial charge in [-0.2, -0.15) is 8.78 Å². The van der Waals surface area contributed by atoms with Gasteiger partial charge in [-0.3, -0.25) is 4.79 Å². The highest BCUT2D eigenvalue weighted by Gasteiger charge is 2.38. The molecule has 2 saturated carbocycles. The van der Waals surface area contributed by atoms with Gasteiger partial charge in [-0.15, -0.1) is 0 Å². The lowest BCUT2D eigenvalue weighted by Crippen LogP contribution is -2.40. The van der Waals surface area contributed by atoms with Crippen molar-refractivity contribution >= 4 is 23.2 Å². The van der Waals surface area contributed by atoms with Crippen molar-refractivity contribution in [1.29, 1.82) is 0 Å². The van der Waals surface area contributed by atoms with Crippen LogP contribution in [0.15, 0.2) is 12.3 Å². The molecule has 1 amide bonds. The number of halogens is 7. The zero-order chi connectivity index (χ0) is 24.9. The average molecular weight is 510 g/mol. The van der Waals surface area contributed by atoms with Crippen molar-refractivity contribution in [3.8, 4) is 0 Å². The number of fused-ring (bicyclic) bond motifs is 1. The predicted octanol–water partition coefficient (Wildman–Crippen LogP) is 6.78. The van der Waals surface area contributed by atoms with Crippen LogP contribution >= 0.6 is 11.6 Å². The van der Waals surface area contributed by atoms with E-state index in [0.29, 0.717) is 6.92 Å². The van der Waals surface area contributed by atoms with E-state index in [1.807, 2.05) is 0 Å². The van der Waals surface area contributed by atoms with Gasteiger partial charge in [-0.05, 0) is 44.1 Å². The summed E-state index contributed by atoms with van der Waals surface area (Å²) in [4.78, 5) is 16.8. The number of hydrogen-bond donors (Lipinski definition) is 1. The van der Waals surface area contributed by atoms with E-state index in [4.69, 9.17) is 11.6 Å². The summed E-state index contributed by atoms with van der Waals surface area (Å²) in [5, 5.41) is 2.68.